The quantitative estimate of drug-likeness (QED) is 0.366. The van der Waals surface area contributed by atoms with Crippen molar-refractivity contribution in [3.63, 3.8) is 0 Å². The van der Waals surface area contributed by atoms with Crippen LogP contribution in [0.5, 0.6) is 5.75 Å². The fraction of sp³-hybridized carbons (Fsp3) is 0.320. The molecule has 31 heavy (non-hydrogen) atoms. The smallest absolute Gasteiger partial charge is 0.238 e. The fourth-order valence-electron chi connectivity index (χ4n) is 5.77. The van der Waals surface area contributed by atoms with Gasteiger partial charge in [0.05, 0.1) is 17.5 Å². The molecule has 0 radical (unpaired) electrons. The molecule has 0 spiro atoms. The summed E-state index contributed by atoms with van der Waals surface area (Å²) in [7, 11) is 0. The molecule has 156 valence electrons. The molecule has 2 bridgehead atoms. The summed E-state index contributed by atoms with van der Waals surface area (Å²) in [6.45, 7) is -0.0789. The number of anilines is 1. The Hall–Kier alpha value is -2.73. The number of halogens is 1. The minimum Gasteiger partial charge on any atom is -0.485 e. The predicted molar refractivity (Wildman–Crippen MR) is 118 cm³/mol. The Kier molecular flexibility index (Phi) is 4.22. The summed E-state index contributed by atoms with van der Waals surface area (Å²) in [5.41, 5.74) is 1.15. The van der Waals surface area contributed by atoms with Gasteiger partial charge in [-0.25, -0.2) is 0 Å². The molecule has 6 atom stereocenters. The molecule has 0 aromatic heterocycles. The Bertz CT molecular complexity index is 1090. The molecular formula is C25H20BrNO4. The molecular weight excluding hydrogens is 458 g/mol. The van der Waals surface area contributed by atoms with E-state index in [2.05, 4.69) is 28.1 Å². The number of imide groups is 1. The topological polar surface area (TPSA) is 63.7 Å². The van der Waals surface area contributed by atoms with Gasteiger partial charge >= 0.3 is 0 Å². The lowest BCUT2D eigenvalue weighted by molar-refractivity contribution is -0.124. The molecule has 5 nitrogen and oxygen atoms in total. The van der Waals surface area contributed by atoms with Gasteiger partial charge in [-0.15, -0.1) is 0 Å². The van der Waals surface area contributed by atoms with Crippen LogP contribution in [0.2, 0.25) is 0 Å². The normalized spacial score (nSPS) is 32.1. The van der Waals surface area contributed by atoms with Gasteiger partial charge in [0.2, 0.25) is 11.8 Å². The van der Waals surface area contributed by atoms with E-state index in [0.29, 0.717) is 28.8 Å². The Morgan fingerprint density at radius 1 is 0.903 bits per heavy atom. The summed E-state index contributed by atoms with van der Waals surface area (Å²) >= 11 is 3.35. The van der Waals surface area contributed by atoms with Crippen molar-refractivity contribution in [3.8, 4) is 5.75 Å². The van der Waals surface area contributed by atoms with Gasteiger partial charge < -0.3 is 4.74 Å². The molecule has 0 unspecified atom stereocenters. The molecule has 4 aliphatic carbocycles. The van der Waals surface area contributed by atoms with E-state index in [1.54, 1.807) is 36.4 Å². The lowest BCUT2D eigenvalue weighted by atomic mass is 9.63. The second kappa shape index (κ2) is 6.89. The first-order valence-corrected chi connectivity index (χ1v) is 11.4. The number of carbonyl (C=O) groups is 3. The van der Waals surface area contributed by atoms with Crippen LogP contribution >= 0.6 is 15.9 Å². The maximum absolute atomic E-state index is 13.2. The molecule has 2 saturated carbocycles. The minimum atomic E-state index is -0.203. The molecule has 0 N–H and O–H groups in total. The number of hydrogen-bond acceptors (Lipinski definition) is 4. The maximum Gasteiger partial charge on any atom is 0.238 e. The van der Waals surface area contributed by atoms with Crippen molar-refractivity contribution in [1.82, 2.24) is 0 Å². The lowest BCUT2D eigenvalue weighted by Gasteiger charge is -2.37. The van der Waals surface area contributed by atoms with Crippen LogP contribution in [0.25, 0.3) is 0 Å². The van der Waals surface area contributed by atoms with Gasteiger partial charge in [0.1, 0.15) is 5.75 Å². The number of amides is 2. The zero-order valence-electron chi connectivity index (χ0n) is 16.6. The Balaban J connectivity index is 1.16. The van der Waals surface area contributed by atoms with E-state index in [1.807, 2.05) is 12.1 Å². The number of hydrogen-bond donors (Lipinski definition) is 0. The van der Waals surface area contributed by atoms with Gasteiger partial charge in [0, 0.05) is 10.0 Å². The number of ketones is 1. The largest absolute Gasteiger partial charge is 0.485 e. The molecule has 7 rings (SSSR count). The van der Waals surface area contributed by atoms with Crippen LogP contribution in [0.15, 0.2) is 65.2 Å². The maximum atomic E-state index is 13.2. The fourth-order valence-corrected chi connectivity index (χ4v) is 6.04. The molecule has 1 saturated heterocycles. The Morgan fingerprint density at radius 3 is 2.06 bits per heavy atom. The van der Waals surface area contributed by atoms with E-state index >= 15 is 0 Å². The molecule has 5 aliphatic rings. The van der Waals surface area contributed by atoms with Gasteiger partial charge in [-0.2, -0.15) is 0 Å². The third-order valence-electron chi connectivity index (χ3n) is 7.29. The summed E-state index contributed by atoms with van der Waals surface area (Å²) in [5.74, 6) is 1.47. The first kappa shape index (κ1) is 19.0. The number of allylic oxidation sites excluding steroid dienone is 2. The number of carbonyl (C=O) groups excluding carboxylic acids is 3. The summed E-state index contributed by atoms with van der Waals surface area (Å²) in [4.78, 5) is 40.0. The highest BCUT2D eigenvalue weighted by Crippen LogP contribution is 2.65. The molecule has 1 aliphatic heterocycles. The van der Waals surface area contributed by atoms with Crippen molar-refractivity contribution in [2.24, 2.45) is 35.5 Å². The Morgan fingerprint density at radius 2 is 1.48 bits per heavy atom. The van der Waals surface area contributed by atoms with Crippen LogP contribution in [0.3, 0.4) is 0 Å². The van der Waals surface area contributed by atoms with Crippen molar-refractivity contribution in [2.75, 3.05) is 11.5 Å². The van der Waals surface area contributed by atoms with Crippen LogP contribution in [0, 0.1) is 35.5 Å². The van der Waals surface area contributed by atoms with Crippen molar-refractivity contribution in [2.45, 2.75) is 6.42 Å². The summed E-state index contributed by atoms with van der Waals surface area (Å²) in [5, 5.41) is 0. The highest BCUT2D eigenvalue weighted by atomic mass is 79.9. The predicted octanol–water partition coefficient (Wildman–Crippen LogP) is 4.27. The van der Waals surface area contributed by atoms with Gasteiger partial charge in [0.15, 0.2) is 12.4 Å². The van der Waals surface area contributed by atoms with Crippen molar-refractivity contribution in [3.05, 3.63) is 70.7 Å². The van der Waals surface area contributed by atoms with E-state index in [0.717, 1.165) is 10.9 Å². The Labute approximate surface area is 188 Å². The van der Waals surface area contributed by atoms with E-state index in [-0.39, 0.29) is 47.9 Å². The SMILES string of the molecule is O=C(COc1ccc(N2C(=O)[C@@H]3[C@H]4C=C[C@@H]([C@@H]5C[C@@H]45)[C@@H]3C2=O)cc1)c1ccc(Br)cc1. The zero-order chi connectivity index (χ0) is 21.3. The van der Waals surface area contributed by atoms with Gasteiger partial charge in [-0.05, 0) is 66.5 Å². The van der Waals surface area contributed by atoms with E-state index in [9.17, 15) is 14.4 Å². The average Bonchev–Trinajstić information content (AvgIpc) is 3.56. The summed E-state index contributed by atoms with van der Waals surface area (Å²) in [6.07, 6.45) is 5.50. The zero-order valence-corrected chi connectivity index (χ0v) is 18.2. The average molecular weight is 478 g/mol. The van der Waals surface area contributed by atoms with E-state index in [4.69, 9.17) is 4.74 Å². The molecule has 1 heterocycles. The first-order valence-electron chi connectivity index (χ1n) is 10.6. The second-order valence-electron chi connectivity index (χ2n) is 8.88. The van der Waals surface area contributed by atoms with Crippen LogP contribution in [-0.2, 0) is 9.59 Å². The minimum absolute atomic E-state index is 0.0706. The molecule has 2 amide bonds. The first-order chi connectivity index (χ1) is 15.0. The summed E-state index contributed by atoms with van der Waals surface area (Å²) in [6, 6.07) is 14.0. The lowest BCUT2D eigenvalue weighted by Crippen LogP contribution is -2.40. The molecule has 2 aromatic rings. The number of benzene rings is 2. The van der Waals surface area contributed by atoms with Gasteiger partial charge in [0.25, 0.3) is 0 Å². The summed E-state index contributed by atoms with van der Waals surface area (Å²) < 4.78 is 6.53. The van der Waals surface area contributed by atoms with Crippen molar-refractivity contribution >= 4 is 39.2 Å². The van der Waals surface area contributed by atoms with E-state index < -0.39 is 0 Å². The van der Waals surface area contributed by atoms with Crippen LogP contribution in [-0.4, -0.2) is 24.2 Å². The monoisotopic (exact) mass is 477 g/mol. The molecule has 6 heteroatoms. The van der Waals surface area contributed by atoms with E-state index in [1.165, 1.54) is 4.90 Å². The highest BCUT2D eigenvalue weighted by molar-refractivity contribution is 9.10. The van der Waals surface area contributed by atoms with Crippen LogP contribution < -0.4 is 9.64 Å². The van der Waals surface area contributed by atoms with Crippen molar-refractivity contribution in [1.29, 1.82) is 0 Å². The third kappa shape index (κ3) is 2.92. The van der Waals surface area contributed by atoms with Gasteiger partial charge in [-0.1, -0.05) is 40.2 Å². The number of Topliss-reactive ketones (excluding diaryl/α,β-unsaturated/α-hetero) is 1. The molecule has 2 aromatic carbocycles. The second-order valence-corrected chi connectivity index (χ2v) is 9.79. The van der Waals surface area contributed by atoms with Crippen molar-refractivity contribution < 1.29 is 19.1 Å². The third-order valence-corrected chi connectivity index (χ3v) is 7.82. The highest BCUT2D eigenvalue weighted by Gasteiger charge is 2.67. The number of rotatable bonds is 5. The molecule has 3 fully saturated rings. The number of nitrogens with zero attached hydrogens (tertiary/aromatic N) is 1. The standard InChI is InChI=1S/C25H20BrNO4/c26-14-3-1-13(2-4-14)21(28)12-31-16-7-5-15(6-8-16)27-24(29)22-17-9-10-18(20-11-19(17)20)23(22)25(27)30/h1-10,17-20,22-23H,11-12H2/t17-,18-,19-,20-,22-,23+/m0/s1. The van der Waals surface area contributed by atoms with Crippen LogP contribution in [0.4, 0.5) is 5.69 Å². The van der Waals surface area contributed by atoms with Crippen LogP contribution in [0.1, 0.15) is 16.8 Å². The van der Waals surface area contributed by atoms with Gasteiger partial charge in [-0.3, -0.25) is 19.3 Å². The number of ether oxygens (including phenoxy) is 1.